The van der Waals surface area contributed by atoms with Crippen molar-refractivity contribution < 1.29 is 23.8 Å². The molecule has 1 saturated heterocycles. The van der Waals surface area contributed by atoms with Crippen LogP contribution in [0.3, 0.4) is 0 Å². The zero-order valence-corrected chi connectivity index (χ0v) is 20.1. The maximum absolute atomic E-state index is 14.1. The molecule has 1 fully saturated rings. The van der Waals surface area contributed by atoms with Crippen LogP contribution in [-0.2, 0) is 36.9 Å². The molecule has 5 rings (SSSR count). The summed E-state index contributed by atoms with van der Waals surface area (Å²) in [6.45, 7) is 8.93. The van der Waals surface area contributed by atoms with Crippen LogP contribution >= 0.6 is 0 Å². The average Bonchev–Trinajstić information content (AvgIpc) is 3.35. The van der Waals surface area contributed by atoms with E-state index in [2.05, 4.69) is 6.07 Å². The lowest BCUT2D eigenvalue weighted by Gasteiger charge is -2.37. The van der Waals surface area contributed by atoms with Gasteiger partial charge >= 0.3 is 0 Å². The molecule has 0 bridgehead atoms. The van der Waals surface area contributed by atoms with Crippen molar-refractivity contribution >= 4 is 28.5 Å². The number of hydrogen-bond acceptors (Lipinski definition) is 7. The van der Waals surface area contributed by atoms with Gasteiger partial charge in [0.05, 0.1) is 35.3 Å². The topological polar surface area (TPSA) is 90.3 Å². The minimum Gasteiger partial charge on any atom is -0.477 e. The third-order valence-corrected chi connectivity index (χ3v) is 6.70. The van der Waals surface area contributed by atoms with E-state index < -0.39 is 23.7 Å². The molecule has 8 nitrogen and oxygen atoms in total. The molecule has 1 amide bonds. The first-order chi connectivity index (χ1) is 16.3. The minimum absolute atomic E-state index is 0.0848. The Labute approximate surface area is 199 Å². The number of ketones is 1. The zero-order chi connectivity index (χ0) is 24.0. The molecule has 4 heterocycles. The van der Waals surface area contributed by atoms with Crippen molar-refractivity contribution in [1.82, 2.24) is 9.88 Å². The Morgan fingerprint density at radius 2 is 2.09 bits per heavy atom. The highest BCUT2D eigenvalue weighted by atomic mass is 16.7. The highest BCUT2D eigenvalue weighted by Crippen LogP contribution is 2.36. The van der Waals surface area contributed by atoms with Gasteiger partial charge in [0.2, 0.25) is 5.91 Å². The lowest BCUT2D eigenvalue weighted by Crippen LogP contribution is -2.49. The summed E-state index contributed by atoms with van der Waals surface area (Å²) < 4.78 is 17.5. The molecule has 1 aromatic heterocycles. The van der Waals surface area contributed by atoms with E-state index in [1.165, 1.54) is 0 Å². The molecule has 0 spiro atoms. The molecule has 0 aliphatic carbocycles. The fraction of sp³-hybridized carbons (Fsp3) is 0.538. The number of fused-ring (bicyclic) bond motifs is 2. The highest BCUT2D eigenvalue weighted by Gasteiger charge is 2.51. The second kappa shape index (κ2) is 8.74. The normalized spacial score (nSPS) is 26.8. The largest absolute Gasteiger partial charge is 0.477 e. The lowest BCUT2D eigenvalue weighted by molar-refractivity contribution is -0.153. The van der Waals surface area contributed by atoms with Crippen LogP contribution in [0, 0.1) is 11.8 Å². The molecule has 34 heavy (non-hydrogen) atoms. The van der Waals surface area contributed by atoms with E-state index in [4.69, 9.17) is 24.2 Å². The van der Waals surface area contributed by atoms with Gasteiger partial charge in [-0.15, -0.1) is 0 Å². The first kappa shape index (κ1) is 22.9. The van der Waals surface area contributed by atoms with Gasteiger partial charge in [0.25, 0.3) is 0 Å². The van der Waals surface area contributed by atoms with Crippen molar-refractivity contribution in [3.05, 3.63) is 41.6 Å². The number of aliphatic imine (C=N–C) groups is 1. The van der Waals surface area contributed by atoms with Gasteiger partial charge in [0.15, 0.2) is 18.0 Å². The molecule has 1 aromatic carbocycles. The SMILES string of the molecule is CCOC1OCC(=O)C1C(C(=O)N1Cc2cc3ccccc3nc2C1)C1=NC(C)(C)CC(C)O1. The summed E-state index contributed by atoms with van der Waals surface area (Å²) in [7, 11) is 0. The number of rotatable bonds is 5. The van der Waals surface area contributed by atoms with Crippen LogP contribution in [0.2, 0.25) is 0 Å². The number of Topliss-reactive ketones (excluding diaryl/α,β-unsaturated/α-hetero) is 1. The second-order valence-corrected chi connectivity index (χ2v) is 9.98. The van der Waals surface area contributed by atoms with Crippen LogP contribution in [0.15, 0.2) is 35.3 Å². The van der Waals surface area contributed by atoms with Crippen molar-refractivity contribution in [2.24, 2.45) is 16.8 Å². The van der Waals surface area contributed by atoms with Gasteiger partial charge in [0, 0.05) is 25.0 Å². The molecule has 180 valence electrons. The van der Waals surface area contributed by atoms with Crippen LogP contribution in [0.5, 0.6) is 0 Å². The number of benzene rings is 1. The van der Waals surface area contributed by atoms with Gasteiger partial charge in [-0.3, -0.25) is 14.6 Å². The molecule has 0 N–H and O–H groups in total. The first-order valence-corrected chi connectivity index (χ1v) is 11.9. The smallest absolute Gasteiger partial charge is 0.236 e. The van der Waals surface area contributed by atoms with E-state index in [1.807, 2.05) is 52.0 Å². The summed E-state index contributed by atoms with van der Waals surface area (Å²) >= 11 is 0. The number of para-hydroxylation sites is 1. The van der Waals surface area contributed by atoms with Crippen LogP contribution in [0.25, 0.3) is 10.9 Å². The standard InChI is InChI=1S/C26H31N3O5/c1-5-32-25-21(20(30)14-33-25)22(23-28-26(3,4)11-15(2)34-23)24(31)29-12-17-10-16-8-6-7-9-18(16)27-19(17)13-29/h6-10,15,21-22,25H,5,11-14H2,1-4H3. The number of amides is 1. The molecule has 3 aliphatic heterocycles. The van der Waals surface area contributed by atoms with Gasteiger partial charge in [0.1, 0.15) is 12.5 Å². The van der Waals surface area contributed by atoms with E-state index in [0.717, 1.165) is 28.6 Å². The third kappa shape index (κ3) is 4.20. The Hall–Kier alpha value is -2.84. The van der Waals surface area contributed by atoms with E-state index in [1.54, 1.807) is 4.90 Å². The summed E-state index contributed by atoms with van der Waals surface area (Å²) in [6, 6.07) is 10.0. The number of hydrogen-bond donors (Lipinski definition) is 0. The summed E-state index contributed by atoms with van der Waals surface area (Å²) in [6.07, 6.45) is -0.195. The molecule has 2 aromatic rings. The van der Waals surface area contributed by atoms with E-state index >= 15 is 0 Å². The Morgan fingerprint density at radius 3 is 2.85 bits per heavy atom. The molecule has 3 aliphatic rings. The van der Waals surface area contributed by atoms with Crippen molar-refractivity contribution in [3.63, 3.8) is 0 Å². The van der Waals surface area contributed by atoms with Crippen molar-refractivity contribution in [2.45, 2.75) is 65.1 Å². The maximum atomic E-state index is 14.1. The predicted molar refractivity (Wildman–Crippen MR) is 126 cm³/mol. The van der Waals surface area contributed by atoms with Crippen LogP contribution in [-0.4, -0.2) is 58.6 Å². The van der Waals surface area contributed by atoms with Crippen LogP contribution < -0.4 is 0 Å². The number of pyridine rings is 1. The number of ether oxygens (including phenoxy) is 3. The summed E-state index contributed by atoms with van der Waals surface area (Å²) in [5.41, 5.74) is 2.39. The van der Waals surface area contributed by atoms with E-state index in [-0.39, 0.29) is 24.4 Å². The number of aromatic nitrogens is 1. The molecular formula is C26H31N3O5. The molecule has 0 radical (unpaired) electrons. The Bertz CT molecular complexity index is 1120. The van der Waals surface area contributed by atoms with Gasteiger partial charge in [-0.25, -0.2) is 4.99 Å². The van der Waals surface area contributed by atoms with Crippen molar-refractivity contribution in [2.75, 3.05) is 13.2 Å². The fourth-order valence-corrected chi connectivity index (χ4v) is 5.32. The average molecular weight is 466 g/mol. The highest BCUT2D eigenvalue weighted by molar-refractivity contribution is 6.06. The summed E-state index contributed by atoms with van der Waals surface area (Å²) in [5, 5.41) is 1.04. The third-order valence-electron chi connectivity index (χ3n) is 6.70. The van der Waals surface area contributed by atoms with E-state index in [9.17, 15) is 9.59 Å². The van der Waals surface area contributed by atoms with Crippen molar-refractivity contribution in [3.8, 4) is 0 Å². The van der Waals surface area contributed by atoms with Gasteiger partial charge in [-0.05, 0) is 45.4 Å². The molecular weight excluding hydrogens is 434 g/mol. The summed E-state index contributed by atoms with van der Waals surface area (Å²) in [5.74, 6) is -1.78. The molecule has 0 saturated carbocycles. The van der Waals surface area contributed by atoms with Crippen molar-refractivity contribution in [1.29, 1.82) is 0 Å². The minimum atomic E-state index is -0.905. The maximum Gasteiger partial charge on any atom is 0.236 e. The van der Waals surface area contributed by atoms with Gasteiger partial charge in [-0.1, -0.05) is 18.2 Å². The van der Waals surface area contributed by atoms with E-state index in [0.29, 0.717) is 25.6 Å². The lowest BCUT2D eigenvalue weighted by atomic mass is 9.86. The van der Waals surface area contributed by atoms with Crippen LogP contribution in [0.1, 0.15) is 45.4 Å². The molecule has 4 unspecified atom stereocenters. The quantitative estimate of drug-likeness (QED) is 0.673. The monoisotopic (exact) mass is 465 g/mol. The Morgan fingerprint density at radius 1 is 1.29 bits per heavy atom. The summed E-state index contributed by atoms with van der Waals surface area (Å²) in [4.78, 5) is 38.4. The fourth-order valence-electron chi connectivity index (χ4n) is 5.32. The zero-order valence-electron chi connectivity index (χ0n) is 20.1. The first-order valence-electron chi connectivity index (χ1n) is 11.9. The predicted octanol–water partition coefficient (Wildman–Crippen LogP) is 3.26. The van der Waals surface area contributed by atoms with Gasteiger partial charge < -0.3 is 19.1 Å². The molecule has 4 atom stereocenters. The number of nitrogens with zero attached hydrogens (tertiary/aromatic N) is 3. The Balaban J connectivity index is 1.51. The second-order valence-electron chi connectivity index (χ2n) is 9.98. The number of carbonyl (C=O) groups is 2. The molecule has 8 heteroatoms. The number of carbonyl (C=O) groups excluding carboxylic acids is 2. The Kier molecular flexibility index (Phi) is 5.90. The van der Waals surface area contributed by atoms with Gasteiger partial charge in [-0.2, -0.15) is 0 Å². The van der Waals surface area contributed by atoms with Crippen LogP contribution in [0.4, 0.5) is 0 Å².